The van der Waals surface area contributed by atoms with Crippen molar-refractivity contribution >= 4 is 11.0 Å². The fraction of sp³-hybridized carbons (Fsp3) is 0.276. The van der Waals surface area contributed by atoms with Crippen LogP contribution in [-0.4, -0.2) is 7.05 Å². The summed E-state index contributed by atoms with van der Waals surface area (Å²) in [5.41, 5.74) is 9.64. The van der Waals surface area contributed by atoms with E-state index in [-0.39, 0.29) is 0 Å². The first kappa shape index (κ1) is 21.1. The molecular weight excluding hydrogens is 378 g/mol. The molecule has 1 heterocycles. The van der Waals surface area contributed by atoms with Gasteiger partial charge in [0.2, 0.25) is 0 Å². The molecule has 2 aromatic carbocycles. The van der Waals surface area contributed by atoms with Gasteiger partial charge in [-0.2, -0.15) is 0 Å². The molecule has 0 N–H and O–H groups in total. The van der Waals surface area contributed by atoms with Gasteiger partial charge in [0.25, 0.3) is 0 Å². The molecule has 0 saturated heterocycles. The molecule has 2 heteroatoms. The summed E-state index contributed by atoms with van der Waals surface area (Å²) in [4.78, 5) is 4.35. The first-order valence-corrected chi connectivity index (χ1v) is 11.1. The Bertz CT molecular complexity index is 1310. The van der Waals surface area contributed by atoms with Crippen molar-refractivity contribution in [3.05, 3.63) is 88.8 Å². The van der Waals surface area contributed by atoms with Crippen molar-refractivity contribution in [1.82, 2.24) is 0 Å². The Hall–Kier alpha value is -3.13. The third-order valence-corrected chi connectivity index (χ3v) is 6.17. The van der Waals surface area contributed by atoms with Crippen LogP contribution in [0.25, 0.3) is 33.4 Å². The zero-order valence-corrected chi connectivity index (χ0v) is 19.3. The van der Waals surface area contributed by atoms with Crippen LogP contribution in [0.2, 0.25) is 0 Å². The lowest BCUT2D eigenvalue weighted by molar-refractivity contribution is 0.617. The fourth-order valence-electron chi connectivity index (χ4n) is 4.21. The molecule has 2 nitrogen and oxygen atoms in total. The third-order valence-electron chi connectivity index (χ3n) is 6.17. The van der Waals surface area contributed by atoms with Crippen LogP contribution in [0.1, 0.15) is 49.8 Å². The van der Waals surface area contributed by atoms with Gasteiger partial charge in [-0.15, -0.1) is 0 Å². The first-order valence-electron chi connectivity index (χ1n) is 11.1. The van der Waals surface area contributed by atoms with Gasteiger partial charge in [-0.3, -0.25) is 4.99 Å². The minimum absolute atomic E-state index is 0.448. The average Bonchev–Trinajstić information content (AvgIpc) is 2.77. The molecule has 0 atom stereocenters. The molecule has 0 bridgehead atoms. The topological polar surface area (TPSA) is 25.5 Å². The highest BCUT2D eigenvalue weighted by molar-refractivity contribution is 6.02. The van der Waals surface area contributed by atoms with E-state index in [1.807, 2.05) is 13.1 Å². The van der Waals surface area contributed by atoms with E-state index >= 15 is 0 Å². The number of benzene rings is 3. The van der Waals surface area contributed by atoms with Crippen LogP contribution < -0.4 is 5.36 Å². The van der Waals surface area contributed by atoms with Crippen molar-refractivity contribution in [3.8, 4) is 22.5 Å². The third kappa shape index (κ3) is 4.07. The highest BCUT2D eigenvalue weighted by atomic mass is 16.3. The minimum Gasteiger partial charge on any atom is -0.456 e. The normalized spacial score (nSPS) is 12.3. The van der Waals surface area contributed by atoms with Gasteiger partial charge in [0.15, 0.2) is 0 Å². The van der Waals surface area contributed by atoms with Crippen LogP contribution in [0.5, 0.6) is 0 Å². The number of hydrogen-bond donors (Lipinski definition) is 0. The van der Waals surface area contributed by atoms with Crippen molar-refractivity contribution in [2.75, 3.05) is 7.05 Å². The maximum absolute atomic E-state index is 6.40. The zero-order valence-electron chi connectivity index (χ0n) is 19.3. The van der Waals surface area contributed by atoms with Crippen LogP contribution in [-0.2, 0) is 6.42 Å². The van der Waals surface area contributed by atoms with E-state index in [0.717, 1.165) is 40.5 Å². The maximum atomic E-state index is 6.40. The van der Waals surface area contributed by atoms with Crippen LogP contribution in [0.4, 0.5) is 0 Å². The molecule has 2 aliphatic rings. The van der Waals surface area contributed by atoms with Crippen LogP contribution in [0.15, 0.2) is 76.2 Å². The van der Waals surface area contributed by atoms with E-state index in [1.165, 1.54) is 33.4 Å². The molecule has 0 fully saturated rings. The Labute approximate surface area is 185 Å². The van der Waals surface area contributed by atoms with Crippen molar-refractivity contribution in [1.29, 1.82) is 0 Å². The molecule has 1 aliphatic heterocycles. The van der Waals surface area contributed by atoms with Gasteiger partial charge in [0.05, 0.1) is 5.36 Å². The fourth-order valence-corrected chi connectivity index (χ4v) is 4.21. The number of fused-ring (bicyclic) bond motifs is 2. The molecule has 4 rings (SSSR count). The van der Waals surface area contributed by atoms with E-state index < -0.39 is 0 Å². The largest absolute Gasteiger partial charge is 0.456 e. The van der Waals surface area contributed by atoms with Crippen LogP contribution >= 0.6 is 0 Å². The van der Waals surface area contributed by atoms with Gasteiger partial charge in [-0.25, -0.2) is 0 Å². The van der Waals surface area contributed by atoms with Crippen molar-refractivity contribution < 1.29 is 4.42 Å². The summed E-state index contributed by atoms with van der Waals surface area (Å²) in [6.07, 6.45) is 1.95. The second kappa shape index (κ2) is 8.55. The Morgan fingerprint density at radius 2 is 1.77 bits per heavy atom. The Morgan fingerprint density at radius 1 is 1.00 bits per heavy atom. The predicted molar refractivity (Wildman–Crippen MR) is 132 cm³/mol. The summed E-state index contributed by atoms with van der Waals surface area (Å²) in [5, 5.41) is 2.07. The van der Waals surface area contributed by atoms with Gasteiger partial charge in [0.1, 0.15) is 11.3 Å². The van der Waals surface area contributed by atoms with Gasteiger partial charge in [0, 0.05) is 29.6 Å². The summed E-state index contributed by atoms with van der Waals surface area (Å²) < 4.78 is 6.40. The molecule has 158 valence electrons. The van der Waals surface area contributed by atoms with Gasteiger partial charge in [-0.05, 0) is 66.1 Å². The Morgan fingerprint density at radius 3 is 2.45 bits per heavy atom. The molecule has 0 radical (unpaired) electrons. The zero-order chi connectivity index (χ0) is 22.1. The van der Waals surface area contributed by atoms with E-state index in [2.05, 4.69) is 87.8 Å². The van der Waals surface area contributed by atoms with Gasteiger partial charge >= 0.3 is 0 Å². The molecular formula is C29H31NO. The van der Waals surface area contributed by atoms with Crippen molar-refractivity contribution in [3.63, 3.8) is 0 Å². The highest BCUT2D eigenvalue weighted by Gasteiger charge is 2.19. The van der Waals surface area contributed by atoms with Gasteiger partial charge < -0.3 is 4.42 Å². The Balaban J connectivity index is 2.00. The number of aryl methyl sites for hydroxylation is 1. The standard InChI is InChI=1S/C29H31NO/c1-7-19(4)14-21-8-11-24(20(5)15-21)29-25-12-9-22(18(2)3)16-27(25)31-28-17-23(30-6)10-13-26(28)29/h8-13,15-18H,4,7,14H2,1-3,5-6H3. The van der Waals surface area contributed by atoms with Gasteiger partial charge in [-0.1, -0.05) is 63.3 Å². The second-order valence-corrected chi connectivity index (χ2v) is 8.72. The number of rotatable bonds is 5. The summed E-state index contributed by atoms with van der Waals surface area (Å²) in [7, 11) is 1.81. The molecule has 1 aliphatic carbocycles. The lowest BCUT2D eigenvalue weighted by atomic mass is 9.89. The van der Waals surface area contributed by atoms with Crippen LogP contribution in [0, 0.1) is 6.92 Å². The molecule has 0 aromatic heterocycles. The van der Waals surface area contributed by atoms with E-state index in [9.17, 15) is 0 Å². The predicted octanol–water partition coefficient (Wildman–Crippen LogP) is 7.68. The first-order chi connectivity index (χ1) is 14.9. The quantitative estimate of drug-likeness (QED) is 0.245. The van der Waals surface area contributed by atoms with Crippen molar-refractivity contribution in [2.45, 2.75) is 46.5 Å². The monoisotopic (exact) mass is 409 g/mol. The molecule has 2 aromatic rings. The summed E-state index contributed by atoms with van der Waals surface area (Å²) in [6.45, 7) is 13.0. The Kier molecular flexibility index (Phi) is 5.82. The molecule has 31 heavy (non-hydrogen) atoms. The molecule has 0 unspecified atom stereocenters. The van der Waals surface area contributed by atoms with E-state index in [1.54, 1.807) is 0 Å². The van der Waals surface area contributed by atoms with E-state index in [0.29, 0.717) is 5.92 Å². The van der Waals surface area contributed by atoms with Crippen molar-refractivity contribution in [2.24, 2.45) is 4.99 Å². The SMILES string of the molecule is C=C(CC)Cc1ccc(-c2c3ccc(=NC)cc-3oc3cc(C(C)C)ccc23)c(C)c1. The lowest BCUT2D eigenvalue weighted by Gasteiger charge is -2.18. The number of allylic oxidation sites excluding steroid dienone is 1. The second-order valence-electron chi connectivity index (χ2n) is 8.72. The summed E-state index contributed by atoms with van der Waals surface area (Å²) in [5.74, 6) is 1.32. The highest BCUT2D eigenvalue weighted by Crippen LogP contribution is 2.41. The molecule has 0 amide bonds. The van der Waals surface area contributed by atoms with E-state index in [4.69, 9.17) is 4.42 Å². The smallest absolute Gasteiger partial charge is 0.137 e. The molecule has 0 saturated carbocycles. The summed E-state index contributed by atoms with van der Waals surface area (Å²) in [6, 6.07) is 19.7. The minimum atomic E-state index is 0.448. The van der Waals surface area contributed by atoms with Crippen LogP contribution in [0.3, 0.4) is 0 Å². The number of nitrogens with zero attached hydrogens (tertiary/aromatic N) is 1. The lowest BCUT2D eigenvalue weighted by Crippen LogP contribution is -2.03. The summed E-state index contributed by atoms with van der Waals surface area (Å²) >= 11 is 0. The maximum Gasteiger partial charge on any atom is 0.137 e. The number of hydrogen-bond acceptors (Lipinski definition) is 2. The average molecular weight is 410 g/mol. The molecule has 0 spiro atoms.